The number of carbonyl (C=O) groups is 2. The highest BCUT2D eigenvalue weighted by Crippen LogP contribution is 2.09. The van der Waals surface area contributed by atoms with Crippen LogP contribution in [0.2, 0.25) is 0 Å². The minimum Gasteiger partial charge on any atom is -0.357 e. The van der Waals surface area contributed by atoms with Crippen LogP contribution in [0.1, 0.15) is 24.3 Å². The van der Waals surface area contributed by atoms with Gasteiger partial charge < -0.3 is 14.8 Å². The normalized spacial score (nSPS) is 16.2. The maximum Gasteiger partial charge on any atom is 0.270 e. The summed E-state index contributed by atoms with van der Waals surface area (Å²) in [5.41, 5.74) is 0.610. The molecule has 0 aliphatic carbocycles. The van der Waals surface area contributed by atoms with E-state index in [0.717, 1.165) is 0 Å². The summed E-state index contributed by atoms with van der Waals surface area (Å²) in [6.07, 6.45) is 1.74. The highest BCUT2D eigenvalue weighted by atomic mass is 16.2. The molecule has 2 rings (SSSR count). The molecular formula is C13H19N3O2. The van der Waals surface area contributed by atoms with Crippen molar-refractivity contribution in [3.05, 3.63) is 24.0 Å². The third-order valence-electron chi connectivity index (χ3n) is 3.20. The van der Waals surface area contributed by atoms with E-state index >= 15 is 0 Å². The van der Waals surface area contributed by atoms with E-state index in [1.54, 1.807) is 17.2 Å². The Morgan fingerprint density at radius 2 is 1.78 bits per heavy atom. The number of nitrogens with zero attached hydrogens (tertiary/aromatic N) is 2. The van der Waals surface area contributed by atoms with Crippen LogP contribution in [-0.2, 0) is 4.79 Å². The number of piperazine rings is 1. The third kappa shape index (κ3) is 2.55. The van der Waals surface area contributed by atoms with Gasteiger partial charge in [0.05, 0.1) is 0 Å². The van der Waals surface area contributed by atoms with E-state index in [9.17, 15) is 9.59 Å². The Labute approximate surface area is 107 Å². The van der Waals surface area contributed by atoms with Crippen LogP contribution in [0.15, 0.2) is 18.3 Å². The molecule has 0 unspecified atom stereocenters. The number of aromatic amines is 1. The third-order valence-corrected chi connectivity index (χ3v) is 3.20. The van der Waals surface area contributed by atoms with Crippen molar-refractivity contribution >= 4 is 11.8 Å². The molecule has 18 heavy (non-hydrogen) atoms. The van der Waals surface area contributed by atoms with Crippen molar-refractivity contribution in [1.29, 1.82) is 0 Å². The van der Waals surface area contributed by atoms with E-state index in [4.69, 9.17) is 0 Å². The van der Waals surface area contributed by atoms with Gasteiger partial charge in [-0.3, -0.25) is 9.59 Å². The summed E-state index contributed by atoms with van der Waals surface area (Å²) in [7, 11) is 0. The average Bonchev–Trinajstić information content (AvgIpc) is 2.91. The first-order chi connectivity index (χ1) is 8.59. The Morgan fingerprint density at radius 1 is 1.17 bits per heavy atom. The molecule has 1 fully saturated rings. The minimum atomic E-state index is 0.0108. The van der Waals surface area contributed by atoms with Crippen LogP contribution in [0.3, 0.4) is 0 Å². The second kappa shape index (κ2) is 5.25. The monoisotopic (exact) mass is 249 g/mol. The molecule has 5 nitrogen and oxygen atoms in total. The molecule has 0 radical (unpaired) electrons. The zero-order chi connectivity index (χ0) is 13.1. The Hall–Kier alpha value is -1.78. The molecule has 1 aliphatic heterocycles. The smallest absolute Gasteiger partial charge is 0.270 e. The highest BCUT2D eigenvalue weighted by molar-refractivity contribution is 5.92. The van der Waals surface area contributed by atoms with Gasteiger partial charge in [0.1, 0.15) is 5.69 Å². The number of nitrogens with one attached hydrogen (secondary N) is 1. The van der Waals surface area contributed by atoms with Crippen LogP contribution < -0.4 is 0 Å². The number of H-pyrrole nitrogens is 1. The van der Waals surface area contributed by atoms with Gasteiger partial charge in [0.2, 0.25) is 5.91 Å². The molecule has 2 amide bonds. The Kier molecular flexibility index (Phi) is 3.69. The molecule has 5 heteroatoms. The molecule has 98 valence electrons. The Balaban J connectivity index is 1.91. The van der Waals surface area contributed by atoms with E-state index in [1.807, 2.05) is 24.8 Å². The van der Waals surface area contributed by atoms with Crippen LogP contribution in [0.4, 0.5) is 0 Å². The number of hydrogen-bond acceptors (Lipinski definition) is 2. The lowest BCUT2D eigenvalue weighted by Gasteiger charge is -2.35. The predicted molar refractivity (Wildman–Crippen MR) is 68.1 cm³/mol. The van der Waals surface area contributed by atoms with Crippen LogP contribution in [0.5, 0.6) is 0 Å². The number of carbonyl (C=O) groups excluding carboxylic acids is 2. The fourth-order valence-electron chi connectivity index (χ4n) is 2.13. The molecule has 0 atom stereocenters. The van der Waals surface area contributed by atoms with Crippen molar-refractivity contribution in [1.82, 2.24) is 14.8 Å². The first-order valence-electron chi connectivity index (χ1n) is 6.31. The Bertz CT molecular complexity index is 417. The van der Waals surface area contributed by atoms with Crippen LogP contribution in [-0.4, -0.2) is 52.8 Å². The zero-order valence-corrected chi connectivity index (χ0v) is 10.8. The maximum atomic E-state index is 12.1. The number of aromatic nitrogens is 1. The highest BCUT2D eigenvalue weighted by Gasteiger charge is 2.26. The van der Waals surface area contributed by atoms with Crippen molar-refractivity contribution in [2.75, 3.05) is 26.2 Å². The second-order valence-corrected chi connectivity index (χ2v) is 4.86. The van der Waals surface area contributed by atoms with Gasteiger partial charge in [-0.25, -0.2) is 0 Å². The fourth-order valence-corrected chi connectivity index (χ4v) is 2.13. The average molecular weight is 249 g/mol. The second-order valence-electron chi connectivity index (χ2n) is 4.86. The molecule has 1 aromatic rings. The number of rotatable bonds is 2. The fraction of sp³-hybridized carbons (Fsp3) is 0.538. The van der Waals surface area contributed by atoms with E-state index < -0.39 is 0 Å². The quantitative estimate of drug-likeness (QED) is 0.848. The SMILES string of the molecule is CC(C)C(=O)N1CCN(C(=O)c2ccc[nH]2)CC1. The van der Waals surface area contributed by atoms with Gasteiger partial charge in [-0.15, -0.1) is 0 Å². The summed E-state index contributed by atoms with van der Waals surface area (Å²) in [6, 6.07) is 3.58. The minimum absolute atomic E-state index is 0.0108. The van der Waals surface area contributed by atoms with Crippen molar-refractivity contribution in [2.24, 2.45) is 5.92 Å². The van der Waals surface area contributed by atoms with Crippen molar-refractivity contribution in [3.63, 3.8) is 0 Å². The van der Waals surface area contributed by atoms with Gasteiger partial charge in [-0.1, -0.05) is 13.8 Å². The van der Waals surface area contributed by atoms with Gasteiger partial charge in [-0.2, -0.15) is 0 Å². The number of hydrogen-bond donors (Lipinski definition) is 1. The van der Waals surface area contributed by atoms with E-state index in [-0.39, 0.29) is 17.7 Å². The van der Waals surface area contributed by atoms with Gasteiger partial charge in [0.25, 0.3) is 5.91 Å². The zero-order valence-electron chi connectivity index (χ0n) is 10.8. The van der Waals surface area contributed by atoms with Crippen LogP contribution >= 0.6 is 0 Å². The van der Waals surface area contributed by atoms with Crippen molar-refractivity contribution in [2.45, 2.75) is 13.8 Å². The summed E-state index contributed by atoms with van der Waals surface area (Å²) in [6.45, 7) is 6.27. The molecule has 1 aromatic heterocycles. The molecule has 1 aliphatic rings. The van der Waals surface area contributed by atoms with E-state index in [1.165, 1.54) is 0 Å². The molecule has 0 aromatic carbocycles. The van der Waals surface area contributed by atoms with Gasteiger partial charge >= 0.3 is 0 Å². The number of amides is 2. The summed E-state index contributed by atoms with van der Waals surface area (Å²) in [5, 5.41) is 0. The van der Waals surface area contributed by atoms with Gasteiger partial charge in [0.15, 0.2) is 0 Å². The Morgan fingerprint density at radius 3 is 2.28 bits per heavy atom. The van der Waals surface area contributed by atoms with Gasteiger partial charge in [-0.05, 0) is 12.1 Å². The first-order valence-corrected chi connectivity index (χ1v) is 6.31. The van der Waals surface area contributed by atoms with E-state index in [0.29, 0.717) is 31.9 Å². The molecular weight excluding hydrogens is 230 g/mol. The summed E-state index contributed by atoms with van der Waals surface area (Å²) in [5.74, 6) is 0.203. The molecule has 1 saturated heterocycles. The summed E-state index contributed by atoms with van der Waals surface area (Å²) in [4.78, 5) is 30.4. The molecule has 2 heterocycles. The molecule has 0 spiro atoms. The van der Waals surface area contributed by atoms with E-state index in [2.05, 4.69) is 4.98 Å². The van der Waals surface area contributed by atoms with Gasteiger partial charge in [0, 0.05) is 38.3 Å². The standard InChI is InChI=1S/C13H19N3O2/c1-10(2)12(17)15-6-8-16(9-7-15)13(18)11-4-3-5-14-11/h3-5,10,14H,6-9H2,1-2H3. The summed E-state index contributed by atoms with van der Waals surface area (Å²) >= 11 is 0. The molecule has 0 saturated carbocycles. The summed E-state index contributed by atoms with van der Waals surface area (Å²) < 4.78 is 0. The van der Waals surface area contributed by atoms with Crippen LogP contribution in [0, 0.1) is 5.92 Å². The first kappa shape index (κ1) is 12.7. The lowest BCUT2D eigenvalue weighted by atomic mass is 10.1. The predicted octanol–water partition coefficient (Wildman–Crippen LogP) is 0.955. The molecule has 1 N–H and O–H groups in total. The van der Waals surface area contributed by atoms with Crippen molar-refractivity contribution < 1.29 is 9.59 Å². The maximum absolute atomic E-state index is 12.1. The lowest BCUT2D eigenvalue weighted by Crippen LogP contribution is -2.51. The topological polar surface area (TPSA) is 56.4 Å². The largest absolute Gasteiger partial charge is 0.357 e. The van der Waals surface area contributed by atoms with Crippen LogP contribution in [0.25, 0.3) is 0 Å². The lowest BCUT2D eigenvalue weighted by molar-refractivity contribution is -0.135. The van der Waals surface area contributed by atoms with Crippen molar-refractivity contribution in [3.8, 4) is 0 Å². The molecule has 0 bridgehead atoms.